The van der Waals surface area contributed by atoms with Gasteiger partial charge in [-0.1, -0.05) is 37.8 Å². The second kappa shape index (κ2) is 10.1. The molecule has 0 amide bonds. The molecule has 0 saturated heterocycles. The van der Waals surface area contributed by atoms with Gasteiger partial charge < -0.3 is 4.74 Å². The van der Waals surface area contributed by atoms with Crippen molar-refractivity contribution < 1.29 is 4.74 Å². The SMILES string of the molecule is CC=CCOCC1CCC(CCC2CCC(C#N)CC2)CC1. The fraction of sp³-hybridized carbons (Fsp3) is 0.850. The highest BCUT2D eigenvalue weighted by Crippen LogP contribution is 2.36. The molecule has 0 bridgehead atoms. The molecule has 22 heavy (non-hydrogen) atoms. The minimum Gasteiger partial charge on any atom is -0.377 e. The van der Waals surface area contributed by atoms with E-state index in [2.05, 4.69) is 18.2 Å². The van der Waals surface area contributed by atoms with Gasteiger partial charge in [0.1, 0.15) is 0 Å². The molecular weight excluding hydrogens is 270 g/mol. The average Bonchev–Trinajstić information content (AvgIpc) is 2.58. The summed E-state index contributed by atoms with van der Waals surface area (Å²) in [6, 6.07) is 2.44. The molecule has 2 fully saturated rings. The molecular formula is C20H33NO. The van der Waals surface area contributed by atoms with Crippen LogP contribution in [0, 0.1) is 35.0 Å². The highest BCUT2D eigenvalue weighted by Gasteiger charge is 2.24. The van der Waals surface area contributed by atoms with E-state index in [1.807, 2.05) is 6.92 Å². The van der Waals surface area contributed by atoms with Gasteiger partial charge >= 0.3 is 0 Å². The van der Waals surface area contributed by atoms with Gasteiger partial charge in [-0.15, -0.1) is 0 Å². The van der Waals surface area contributed by atoms with Crippen molar-refractivity contribution in [2.24, 2.45) is 23.7 Å². The highest BCUT2D eigenvalue weighted by molar-refractivity contribution is 4.87. The maximum Gasteiger partial charge on any atom is 0.0655 e. The molecule has 0 aromatic rings. The fourth-order valence-corrected chi connectivity index (χ4v) is 4.14. The molecule has 0 radical (unpaired) electrons. The number of nitriles is 1. The standard InChI is InChI=1S/C20H33NO/c1-2-3-14-22-16-20-12-8-18(9-13-20)5-4-17-6-10-19(15-21)11-7-17/h2-3,17-20H,4-14,16H2,1H3. The third kappa shape index (κ3) is 6.13. The van der Waals surface area contributed by atoms with E-state index < -0.39 is 0 Å². The number of hydrogen-bond acceptors (Lipinski definition) is 2. The number of nitrogens with zero attached hydrogens (tertiary/aromatic N) is 1. The van der Waals surface area contributed by atoms with Gasteiger partial charge in [0.2, 0.25) is 0 Å². The topological polar surface area (TPSA) is 33.0 Å². The summed E-state index contributed by atoms with van der Waals surface area (Å²) in [5, 5.41) is 8.96. The van der Waals surface area contributed by atoms with Crippen molar-refractivity contribution in [3.05, 3.63) is 12.2 Å². The molecule has 0 unspecified atom stereocenters. The molecule has 0 aromatic carbocycles. The first-order valence-electron chi connectivity index (χ1n) is 9.40. The van der Waals surface area contributed by atoms with Crippen LogP contribution in [0.15, 0.2) is 12.2 Å². The van der Waals surface area contributed by atoms with Crippen LogP contribution in [0.4, 0.5) is 0 Å². The van der Waals surface area contributed by atoms with E-state index in [9.17, 15) is 0 Å². The molecule has 124 valence electrons. The van der Waals surface area contributed by atoms with Crippen molar-refractivity contribution in [2.75, 3.05) is 13.2 Å². The molecule has 0 spiro atoms. The van der Waals surface area contributed by atoms with Crippen molar-refractivity contribution in [3.63, 3.8) is 0 Å². The second-order valence-corrected chi connectivity index (χ2v) is 7.42. The Hall–Kier alpha value is -0.810. The lowest BCUT2D eigenvalue weighted by molar-refractivity contribution is 0.0936. The van der Waals surface area contributed by atoms with Crippen molar-refractivity contribution in [3.8, 4) is 6.07 Å². The predicted molar refractivity (Wildman–Crippen MR) is 91.4 cm³/mol. The van der Waals surface area contributed by atoms with E-state index >= 15 is 0 Å². The van der Waals surface area contributed by atoms with Crippen LogP contribution in [0.1, 0.15) is 71.1 Å². The molecule has 0 N–H and O–H groups in total. The molecule has 2 rings (SSSR count). The Morgan fingerprint density at radius 2 is 1.45 bits per heavy atom. The zero-order valence-corrected chi connectivity index (χ0v) is 14.3. The molecule has 2 aliphatic rings. The van der Waals surface area contributed by atoms with E-state index in [1.165, 1.54) is 51.4 Å². The lowest BCUT2D eigenvalue weighted by Gasteiger charge is -2.30. The first kappa shape index (κ1) is 17.5. The summed E-state index contributed by atoms with van der Waals surface area (Å²) in [6.45, 7) is 3.78. The Kier molecular flexibility index (Phi) is 8.02. The Morgan fingerprint density at radius 3 is 2.00 bits per heavy atom. The lowest BCUT2D eigenvalue weighted by atomic mass is 9.76. The van der Waals surface area contributed by atoms with Crippen molar-refractivity contribution in [1.29, 1.82) is 5.26 Å². The Labute approximate surface area is 136 Å². The van der Waals surface area contributed by atoms with Crippen LogP contribution in [-0.2, 0) is 4.74 Å². The Morgan fingerprint density at radius 1 is 0.909 bits per heavy atom. The van der Waals surface area contributed by atoms with Crippen LogP contribution in [0.5, 0.6) is 0 Å². The summed E-state index contributed by atoms with van der Waals surface area (Å²) in [5.74, 6) is 3.02. The smallest absolute Gasteiger partial charge is 0.0655 e. The van der Waals surface area contributed by atoms with Crippen molar-refractivity contribution in [2.45, 2.75) is 71.1 Å². The van der Waals surface area contributed by atoms with Crippen molar-refractivity contribution >= 4 is 0 Å². The molecule has 2 saturated carbocycles. The van der Waals surface area contributed by atoms with Crippen molar-refractivity contribution in [1.82, 2.24) is 0 Å². The monoisotopic (exact) mass is 303 g/mol. The summed E-state index contributed by atoms with van der Waals surface area (Å²) < 4.78 is 5.71. The lowest BCUT2D eigenvalue weighted by Crippen LogP contribution is -2.20. The maximum atomic E-state index is 8.96. The first-order chi connectivity index (χ1) is 10.8. The quantitative estimate of drug-likeness (QED) is 0.460. The van der Waals surface area contributed by atoms with Gasteiger partial charge in [0.15, 0.2) is 0 Å². The zero-order valence-electron chi connectivity index (χ0n) is 14.3. The molecule has 0 atom stereocenters. The van der Waals surface area contributed by atoms with Crippen LogP contribution in [0.25, 0.3) is 0 Å². The summed E-state index contributed by atoms with van der Waals surface area (Å²) in [5.41, 5.74) is 0. The van der Waals surface area contributed by atoms with E-state index in [-0.39, 0.29) is 0 Å². The highest BCUT2D eigenvalue weighted by atomic mass is 16.5. The number of allylic oxidation sites excluding steroid dienone is 1. The van der Waals surface area contributed by atoms with Gasteiger partial charge in [-0.3, -0.25) is 0 Å². The summed E-state index contributed by atoms with van der Waals surface area (Å²) in [4.78, 5) is 0. The van der Waals surface area contributed by atoms with Gasteiger partial charge in [-0.25, -0.2) is 0 Å². The summed E-state index contributed by atoms with van der Waals surface area (Å²) in [7, 11) is 0. The van der Waals surface area contributed by atoms with Crippen LogP contribution in [0.3, 0.4) is 0 Å². The van der Waals surface area contributed by atoms with Gasteiger partial charge in [-0.05, 0) is 63.2 Å². The van der Waals surface area contributed by atoms with Gasteiger partial charge in [0.25, 0.3) is 0 Å². The van der Waals surface area contributed by atoms with Gasteiger partial charge in [0, 0.05) is 12.5 Å². The van der Waals surface area contributed by atoms with E-state index in [0.29, 0.717) is 5.92 Å². The zero-order chi connectivity index (χ0) is 15.6. The minimum absolute atomic E-state index is 0.356. The molecule has 0 heterocycles. The molecule has 0 aromatic heterocycles. The van der Waals surface area contributed by atoms with Crippen LogP contribution in [0.2, 0.25) is 0 Å². The van der Waals surface area contributed by atoms with E-state index in [4.69, 9.17) is 10.00 Å². The average molecular weight is 303 g/mol. The third-order valence-corrected chi connectivity index (χ3v) is 5.78. The minimum atomic E-state index is 0.356. The maximum absolute atomic E-state index is 8.96. The van der Waals surface area contributed by atoms with E-state index in [1.54, 1.807) is 0 Å². The third-order valence-electron chi connectivity index (χ3n) is 5.78. The molecule has 2 heteroatoms. The number of hydrogen-bond donors (Lipinski definition) is 0. The Bertz CT molecular complexity index is 354. The normalized spacial score (nSPS) is 32.9. The number of ether oxygens (including phenoxy) is 1. The summed E-state index contributed by atoms with van der Waals surface area (Å²) in [6.07, 6.45) is 17.4. The first-order valence-corrected chi connectivity index (χ1v) is 9.40. The molecule has 2 aliphatic carbocycles. The van der Waals surface area contributed by atoms with E-state index in [0.717, 1.165) is 43.8 Å². The summed E-state index contributed by atoms with van der Waals surface area (Å²) >= 11 is 0. The molecule has 0 aliphatic heterocycles. The predicted octanol–water partition coefficient (Wildman–Crippen LogP) is 5.50. The second-order valence-electron chi connectivity index (χ2n) is 7.42. The number of rotatable bonds is 7. The Balaban J connectivity index is 1.53. The molecule has 2 nitrogen and oxygen atoms in total. The van der Waals surface area contributed by atoms with Gasteiger partial charge in [-0.2, -0.15) is 5.26 Å². The van der Waals surface area contributed by atoms with Crippen LogP contribution < -0.4 is 0 Å². The largest absolute Gasteiger partial charge is 0.377 e. The van der Waals surface area contributed by atoms with Crippen LogP contribution in [-0.4, -0.2) is 13.2 Å². The fourth-order valence-electron chi connectivity index (χ4n) is 4.14. The van der Waals surface area contributed by atoms with Gasteiger partial charge in [0.05, 0.1) is 12.7 Å². The van der Waals surface area contributed by atoms with Crippen LogP contribution >= 0.6 is 0 Å².